The minimum absolute atomic E-state index is 0.122. The number of rotatable bonds is 4. The number of halogens is 2. The lowest BCUT2D eigenvalue weighted by atomic mass is 9.93. The van der Waals surface area contributed by atoms with Gasteiger partial charge in [-0.25, -0.2) is 8.78 Å². The molecule has 1 aliphatic rings. The Morgan fingerprint density at radius 2 is 2.00 bits per heavy atom. The molecule has 0 spiro atoms. The van der Waals surface area contributed by atoms with Gasteiger partial charge in [-0.05, 0) is 44.2 Å². The Balaban J connectivity index is 1.99. The number of nitriles is 1. The average molecular weight is 326 g/mol. The zero-order chi connectivity index (χ0) is 16.2. The fourth-order valence-corrected chi connectivity index (χ4v) is 3.69. The van der Waals surface area contributed by atoms with Gasteiger partial charge in [0.2, 0.25) is 5.92 Å². The van der Waals surface area contributed by atoms with E-state index in [2.05, 4.69) is 10.8 Å². The Morgan fingerprint density at radius 3 is 2.64 bits per heavy atom. The van der Waals surface area contributed by atoms with Crippen LogP contribution in [0.5, 0.6) is 0 Å². The summed E-state index contributed by atoms with van der Waals surface area (Å²) in [5.74, 6) is -2.82. The molecule has 0 bridgehead atoms. The first-order valence-electron chi connectivity index (χ1n) is 7.43. The van der Waals surface area contributed by atoms with Crippen LogP contribution in [0.15, 0.2) is 29.2 Å². The van der Waals surface area contributed by atoms with E-state index in [1.807, 2.05) is 19.1 Å². The van der Waals surface area contributed by atoms with E-state index < -0.39 is 23.3 Å². The van der Waals surface area contributed by atoms with Gasteiger partial charge in [0.15, 0.2) is 4.90 Å². The average Bonchev–Trinajstić information content (AvgIpc) is 2.66. The molecule has 6 heteroatoms. The van der Waals surface area contributed by atoms with Crippen molar-refractivity contribution >= 4 is 11.4 Å². The molecule has 1 aliphatic carbocycles. The van der Waals surface area contributed by atoms with E-state index in [1.165, 1.54) is 0 Å². The third-order valence-electron chi connectivity index (χ3n) is 4.08. The fourth-order valence-electron chi connectivity index (χ4n) is 2.70. The second-order valence-electron chi connectivity index (χ2n) is 5.85. The zero-order valence-electron chi connectivity index (χ0n) is 12.5. The summed E-state index contributed by atoms with van der Waals surface area (Å²) in [4.78, 5) is 0.588. The number of hydrogen-bond acceptors (Lipinski definition) is 3. The number of benzene rings is 1. The van der Waals surface area contributed by atoms with E-state index in [0.717, 1.165) is 5.56 Å². The van der Waals surface area contributed by atoms with Crippen LogP contribution in [0, 0.1) is 24.2 Å². The van der Waals surface area contributed by atoms with Crippen molar-refractivity contribution in [3.8, 4) is 6.07 Å². The molecule has 0 heterocycles. The summed E-state index contributed by atoms with van der Waals surface area (Å²) in [5, 5.41) is 9.31. The molecule has 1 N–H and O–H groups in total. The highest BCUT2D eigenvalue weighted by molar-refractivity contribution is 7.89. The lowest BCUT2D eigenvalue weighted by Crippen LogP contribution is -2.39. The standard InChI is InChI=1S/C16H20F2N2OS/c1-12-4-6-14(7-5-12)22(21)20-15(11-19)13-3-2-9-16(17,18)10-8-13/h4-7,13,15,20H,2-3,8-10H2,1H3/t13-,15+,22-/m0/s1. The number of hydrogen-bond donors (Lipinski definition) is 1. The summed E-state index contributed by atoms with van der Waals surface area (Å²) in [6, 6.07) is 8.61. The van der Waals surface area contributed by atoms with E-state index in [1.54, 1.807) is 12.1 Å². The summed E-state index contributed by atoms with van der Waals surface area (Å²) in [6.07, 6.45) is 0.918. The third kappa shape index (κ3) is 4.67. The summed E-state index contributed by atoms with van der Waals surface area (Å²) >= 11 is -1.51. The highest BCUT2D eigenvalue weighted by atomic mass is 32.2. The van der Waals surface area contributed by atoms with Crippen molar-refractivity contribution in [2.24, 2.45) is 5.92 Å². The first-order valence-corrected chi connectivity index (χ1v) is 8.58. The van der Waals surface area contributed by atoms with Gasteiger partial charge in [-0.3, -0.25) is 0 Å². The van der Waals surface area contributed by atoms with Gasteiger partial charge in [0.1, 0.15) is 6.04 Å². The highest BCUT2D eigenvalue weighted by Gasteiger charge is 2.36. The summed E-state index contributed by atoms with van der Waals surface area (Å²) in [7, 11) is 0. The minimum atomic E-state index is -2.63. The molecule has 1 aromatic rings. The van der Waals surface area contributed by atoms with Crippen LogP contribution < -0.4 is 4.72 Å². The van der Waals surface area contributed by atoms with Crippen LogP contribution in [0.4, 0.5) is 8.78 Å². The van der Waals surface area contributed by atoms with Gasteiger partial charge in [0.05, 0.1) is 17.4 Å². The third-order valence-corrected chi connectivity index (χ3v) is 5.25. The van der Waals surface area contributed by atoms with Crippen LogP contribution in [0.25, 0.3) is 0 Å². The smallest absolute Gasteiger partial charge is 0.248 e. The van der Waals surface area contributed by atoms with E-state index in [9.17, 15) is 18.6 Å². The van der Waals surface area contributed by atoms with Gasteiger partial charge >= 0.3 is 0 Å². The molecule has 2 rings (SSSR count). The van der Waals surface area contributed by atoms with Crippen molar-refractivity contribution in [3.05, 3.63) is 29.8 Å². The molecular weight excluding hydrogens is 306 g/mol. The molecule has 0 saturated heterocycles. The predicted octanol–water partition coefficient (Wildman–Crippen LogP) is 3.72. The molecular formula is C16H20F2N2OS. The van der Waals surface area contributed by atoms with Crippen molar-refractivity contribution in [1.82, 2.24) is 4.72 Å². The van der Waals surface area contributed by atoms with Gasteiger partial charge in [-0.15, -0.1) is 4.72 Å². The van der Waals surface area contributed by atoms with Crippen molar-refractivity contribution in [2.75, 3.05) is 0 Å². The second kappa shape index (κ2) is 7.40. The molecule has 3 nitrogen and oxygen atoms in total. The molecule has 0 aromatic heterocycles. The lowest BCUT2D eigenvalue weighted by molar-refractivity contribution is -0.0149. The fraction of sp³-hybridized carbons (Fsp3) is 0.562. The van der Waals surface area contributed by atoms with Crippen LogP contribution in [-0.2, 0) is 11.4 Å². The van der Waals surface area contributed by atoms with Crippen LogP contribution in [0.3, 0.4) is 0 Å². The maximum Gasteiger partial charge on any atom is 0.248 e. The van der Waals surface area contributed by atoms with Gasteiger partial charge in [0, 0.05) is 12.8 Å². The highest BCUT2D eigenvalue weighted by Crippen LogP contribution is 2.35. The van der Waals surface area contributed by atoms with Gasteiger partial charge in [0.25, 0.3) is 0 Å². The molecule has 1 fully saturated rings. The van der Waals surface area contributed by atoms with Crippen molar-refractivity contribution in [1.29, 1.82) is 5.26 Å². The normalized spacial score (nSPS) is 24.0. The maximum absolute atomic E-state index is 13.4. The molecule has 0 radical (unpaired) electrons. The van der Waals surface area contributed by atoms with Crippen LogP contribution in [0.1, 0.15) is 37.7 Å². The van der Waals surface area contributed by atoms with Crippen LogP contribution >= 0.6 is 0 Å². The summed E-state index contributed by atoms with van der Waals surface area (Å²) in [6.45, 7) is 1.93. The number of alkyl halides is 2. The van der Waals surface area contributed by atoms with Gasteiger partial charge in [-0.1, -0.05) is 17.7 Å². The topological polar surface area (TPSA) is 58.9 Å². The zero-order valence-corrected chi connectivity index (χ0v) is 13.3. The molecule has 120 valence electrons. The van der Waals surface area contributed by atoms with Crippen molar-refractivity contribution in [3.63, 3.8) is 0 Å². The molecule has 0 unspecified atom stereocenters. The second-order valence-corrected chi connectivity index (χ2v) is 7.10. The van der Waals surface area contributed by atoms with Crippen LogP contribution in [-0.4, -0.2) is 16.5 Å². The number of aryl methyl sites for hydroxylation is 1. The summed E-state index contributed by atoms with van der Waals surface area (Å²) in [5.41, 5.74) is 1.06. The Labute approximate surface area is 133 Å². The van der Waals surface area contributed by atoms with Gasteiger partial charge < -0.3 is 4.55 Å². The first kappa shape index (κ1) is 17.2. The van der Waals surface area contributed by atoms with Gasteiger partial charge in [-0.2, -0.15) is 5.26 Å². The quantitative estimate of drug-likeness (QED) is 0.678. The molecule has 22 heavy (non-hydrogen) atoms. The predicted molar refractivity (Wildman–Crippen MR) is 81.6 cm³/mol. The Kier molecular flexibility index (Phi) is 5.79. The SMILES string of the molecule is Cc1ccc([S@+]([O-])N[C@H](C#N)[C@H]2CCCC(F)(F)CC2)cc1. The summed E-state index contributed by atoms with van der Waals surface area (Å²) < 4.78 is 41.9. The van der Waals surface area contributed by atoms with Crippen LogP contribution in [0.2, 0.25) is 0 Å². The van der Waals surface area contributed by atoms with Crippen molar-refractivity contribution in [2.45, 2.75) is 55.9 Å². The van der Waals surface area contributed by atoms with E-state index >= 15 is 0 Å². The van der Waals surface area contributed by atoms with E-state index in [0.29, 0.717) is 17.7 Å². The Bertz CT molecular complexity index is 530. The van der Waals surface area contributed by atoms with E-state index in [-0.39, 0.29) is 25.2 Å². The lowest BCUT2D eigenvalue weighted by Gasteiger charge is -2.22. The molecule has 1 aromatic carbocycles. The molecule has 0 aliphatic heterocycles. The maximum atomic E-state index is 13.4. The Hall–Kier alpha value is -1.16. The van der Waals surface area contributed by atoms with Crippen molar-refractivity contribution < 1.29 is 13.3 Å². The number of nitrogens with one attached hydrogen (secondary N) is 1. The monoisotopic (exact) mass is 326 g/mol. The molecule has 0 amide bonds. The Morgan fingerprint density at radius 1 is 1.32 bits per heavy atom. The first-order chi connectivity index (χ1) is 10.4. The molecule has 1 saturated carbocycles. The largest absolute Gasteiger partial charge is 0.593 e. The van der Waals surface area contributed by atoms with E-state index in [4.69, 9.17) is 0 Å². The minimum Gasteiger partial charge on any atom is -0.593 e. The number of nitrogens with zero attached hydrogens (tertiary/aromatic N) is 1. The molecule has 3 atom stereocenters.